The average molecular weight is 383 g/mol. The van der Waals surface area contributed by atoms with Gasteiger partial charge in [0.05, 0.1) is 0 Å². The lowest BCUT2D eigenvalue weighted by atomic mass is 9.88. The molecule has 0 bridgehead atoms. The molecular formula is C24H34N2O2. The van der Waals surface area contributed by atoms with Crippen molar-refractivity contribution in [2.24, 2.45) is 5.92 Å². The zero-order valence-corrected chi connectivity index (χ0v) is 17.3. The molecule has 1 amide bonds. The van der Waals surface area contributed by atoms with Crippen LogP contribution in [0.1, 0.15) is 74.7 Å². The summed E-state index contributed by atoms with van der Waals surface area (Å²) in [6.07, 6.45) is 9.09. The molecule has 3 rings (SSSR count). The van der Waals surface area contributed by atoms with Crippen LogP contribution in [0.15, 0.2) is 24.3 Å². The SMILES string of the molecule is CC(C)(O)C#Cc1cccc(C(=O)N[C@H]2CCCN(CC3CCCCC3)C2)c1. The lowest BCUT2D eigenvalue weighted by Crippen LogP contribution is -2.48. The van der Waals surface area contributed by atoms with E-state index < -0.39 is 5.60 Å². The molecule has 2 N–H and O–H groups in total. The van der Waals surface area contributed by atoms with Gasteiger partial charge in [0, 0.05) is 30.3 Å². The number of aliphatic hydroxyl groups is 1. The van der Waals surface area contributed by atoms with Crippen molar-refractivity contribution in [3.05, 3.63) is 35.4 Å². The van der Waals surface area contributed by atoms with Crippen molar-refractivity contribution in [3.8, 4) is 11.8 Å². The van der Waals surface area contributed by atoms with Crippen LogP contribution in [0, 0.1) is 17.8 Å². The molecule has 2 fully saturated rings. The van der Waals surface area contributed by atoms with Crippen LogP contribution in [-0.2, 0) is 0 Å². The Kier molecular flexibility index (Phi) is 7.15. The van der Waals surface area contributed by atoms with E-state index in [0.29, 0.717) is 5.56 Å². The highest BCUT2D eigenvalue weighted by Crippen LogP contribution is 2.25. The second-order valence-electron chi connectivity index (χ2n) is 8.97. The molecule has 0 radical (unpaired) electrons. The molecule has 2 aliphatic rings. The monoisotopic (exact) mass is 382 g/mol. The van der Waals surface area contributed by atoms with E-state index in [9.17, 15) is 9.90 Å². The summed E-state index contributed by atoms with van der Waals surface area (Å²) in [4.78, 5) is 15.3. The fourth-order valence-electron chi connectivity index (χ4n) is 4.31. The van der Waals surface area contributed by atoms with Crippen LogP contribution in [0.25, 0.3) is 0 Å². The molecule has 4 heteroatoms. The molecule has 0 aromatic heterocycles. The summed E-state index contributed by atoms with van der Waals surface area (Å²) in [6.45, 7) is 6.61. The average Bonchev–Trinajstić information content (AvgIpc) is 2.67. The van der Waals surface area contributed by atoms with Crippen LogP contribution in [-0.4, -0.2) is 47.2 Å². The van der Waals surface area contributed by atoms with E-state index >= 15 is 0 Å². The normalized spacial score (nSPS) is 21.6. The first-order valence-electron chi connectivity index (χ1n) is 10.8. The van der Waals surface area contributed by atoms with Crippen molar-refractivity contribution >= 4 is 5.91 Å². The molecular weight excluding hydrogens is 348 g/mol. The van der Waals surface area contributed by atoms with Crippen LogP contribution in [0.2, 0.25) is 0 Å². The summed E-state index contributed by atoms with van der Waals surface area (Å²) in [7, 11) is 0. The first-order valence-corrected chi connectivity index (χ1v) is 10.8. The summed E-state index contributed by atoms with van der Waals surface area (Å²) in [5.74, 6) is 6.56. The van der Waals surface area contributed by atoms with Crippen molar-refractivity contribution < 1.29 is 9.90 Å². The highest BCUT2D eigenvalue weighted by molar-refractivity contribution is 5.94. The highest BCUT2D eigenvalue weighted by atomic mass is 16.3. The Morgan fingerprint density at radius 2 is 2.00 bits per heavy atom. The minimum Gasteiger partial charge on any atom is -0.378 e. The predicted octanol–water partition coefficient (Wildman–Crippen LogP) is 3.58. The molecule has 1 heterocycles. The largest absolute Gasteiger partial charge is 0.378 e. The van der Waals surface area contributed by atoms with E-state index in [2.05, 4.69) is 22.1 Å². The molecule has 1 aromatic rings. The number of amides is 1. The van der Waals surface area contributed by atoms with Crippen molar-refractivity contribution in [2.45, 2.75) is 70.4 Å². The molecule has 0 spiro atoms. The zero-order valence-electron chi connectivity index (χ0n) is 17.3. The summed E-state index contributed by atoms with van der Waals surface area (Å²) >= 11 is 0. The second kappa shape index (κ2) is 9.58. The fraction of sp³-hybridized carbons (Fsp3) is 0.625. The Balaban J connectivity index is 1.55. The van der Waals surface area contributed by atoms with E-state index in [4.69, 9.17) is 0 Å². The van der Waals surface area contributed by atoms with Crippen LogP contribution in [0.5, 0.6) is 0 Å². The number of carbonyl (C=O) groups is 1. The predicted molar refractivity (Wildman–Crippen MR) is 113 cm³/mol. The Morgan fingerprint density at radius 3 is 2.75 bits per heavy atom. The van der Waals surface area contributed by atoms with Gasteiger partial charge in [-0.25, -0.2) is 0 Å². The second-order valence-corrected chi connectivity index (χ2v) is 8.97. The van der Waals surface area contributed by atoms with Gasteiger partial charge in [-0.2, -0.15) is 0 Å². The van der Waals surface area contributed by atoms with E-state index in [1.54, 1.807) is 19.9 Å². The van der Waals surface area contributed by atoms with Crippen LogP contribution >= 0.6 is 0 Å². The Bertz CT molecular complexity index is 720. The van der Waals surface area contributed by atoms with Crippen molar-refractivity contribution in [2.75, 3.05) is 19.6 Å². The maximum Gasteiger partial charge on any atom is 0.251 e. The van der Waals surface area contributed by atoms with Gasteiger partial charge in [0.1, 0.15) is 5.60 Å². The molecule has 0 unspecified atom stereocenters. The minimum absolute atomic E-state index is 0.0311. The molecule has 1 aromatic carbocycles. The number of likely N-dealkylation sites (tertiary alicyclic amines) is 1. The Labute approximate surface area is 169 Å². The number of carbonyl (C=O) groups excluding carboxylic acids is 1. The summed E-state index contributed by atoms with van der Waals surface area (Å²) in [5.41, 5.74) is 0.339. The third-order valence-corrected chi connectivity index (χ3v) is 5.72. The standard InChI is InChI=1S/C24H34N2O2/c1-24(2,28)14-13-19-10-6-11-21(16-19)23(27)25-22-12-7-15-26(18-22)17-20-8-4-3-5-9-20/h6,10-11,16,20,22,28H,3-5,7-9,12,15,17-18H2,1-2H3,(H,25,27)/t22-/m0/s1. The summed E-state index contributed by atoms with van der Waals surface area (Å²) in [6, 6.07) is 7.56. The number of nitrogens with zero attached hydrogens (tertiary/aromatic N) is 1. The molecule has 152 valence electrons. The van der Waals surface area contributed by atoms with Gasteiger partial charge in [0.15, 0.2) is 0 Å². The Hall–Kier alpha value is -1.83. The smallest absolute Gasteiger partial charge is 0.251 e. The van der Waals surface area contributed by atoms with Gasteiger partial charge in [0.25, 0.3) is 5.91 Å². The van der Waals surface area contributed by atoms with E-state index in [1.165, 1.54) is 38.6 Å². The molecule has 4 nitrogen and oxygen atoms in total. The summed E-state index contributed by atoms with van der Waals surface area (Å²) in [5, 5.41) is 13.0. The van der Waals surface area contributed by atoms with E-state index in [1.807, 2.05) is 18.2 Å². The molecule has 1 aliphatic heterocycles. The molecule has 1 atom stereocenters. The minimum atomic E-state index is -1.04. The maximum absolute atomic E-state index is 12.7. The Morgan fingerprint density at radius 1 is 1.21 bits per heavy atom. The molecule has 1 saturated heterocycles. The quantitative estimate of drug-likeness (QED) is 0.783. The molecule has 1 saturated carbocycles. The first-order chi connectivity index (χ1) is 13.4. The number of nitrogens with one attached hydrogen (secondary N) is 1. The van der Waals surface area contributed by atoms with Gasteiger partial charge in [-0.05, 0) is 70.2 Å². The first kappa shape index (κ1) is 20.9. The lowest BCUT2D eigenvalue weighted by molar-refractivity contribution is 0.0890. The number of piperidine rings is 1. The number of rotatable bonds is 4. The van der Waals surface area contributed by atoms with Gasteiger partial charge in [-0.3, -0.25) is 4.79 Å². The van der Waals surface area contributed by atoms with Gasteiger partial charge >= 0.3 is 0 Å². The van der Waals surface area contributed by atoms with E-state index in [0.717, 1.165) is 37.4 Å². The summed E-state index contributed by atoms with van der Waals surface area (Å²) < 4.78 is 0. The van der Waals surface area contributed by atoms with Crippen LogP contribution in [0.4, 0.5) is 0 Å². The number of hydrogen-bond acceptors (Lipinski definition) is 3. The maximum atomic E-state index is 12.7. The molecule has 28 heavy (non-hydrogen) atoms. The van der Waals surface area contributed by atoms with Crippen LogP contribution < -0.4 is 5.32 Å². The van der Waals surface area contributed by atoms with Gasteiger partial charge in [-0.1, -0.05) is 37.2 Å². The van der Waals surface area contributed by atoms with Gasteiger partial charge < -0.3 is 15.3 Å². The van der Waals surface area contributed by atoms with Gasteiger partial charge in [-0.15, -0.1) is 0 Å². The van der Waals surface area contributed by atoms with Crippen molar-refractivity contribution in [3.63, 3.8) is 0 Å². The van der Waals surface area contributed by atoms with E-state index in [-0.39, 0.29) is 11.9 Å². The lowest BCUT2D eigenvalue weighted by Gasteiger charge is -2.36. The van der Waals surface area contributed by atoms with Crippen LogP contribution in [0.3, 0.4) is 0 Å². The highest BCUT2D eigenvalue weighted by Gasteiger charge is 2.24. The third-order valence-electron chi connectivity index (χ3n) is 5.72. The topological polar surface area (TPSA) is 52.6 Å². The van der Waals surface area contributed by atoms with Crippen molar-refractivity contribution in [1.29, 1.82) is 0 Å². The fourth-order valence-corrected chi connectivity index (χ4v) is 4.31. The third kappa shape index (κ3) is 6.65. The molecule has 1 aliphatic carbocycles. The number of benzene rings is 1. The van der Waals surface area contributed by atoms with Crippen molar-refractivity contribution in [1.82, 2.24) is 10.2 Å². The number of hydrogen-bond donors (Lipinski definition) is 2. The van der Waals surface area contributed by atoms with Gasteiger partial charge in [0.2, 0.25) is 0 Å². The zero-order chi connectivity index (χ0) is 20.0.